The molecule has 0 fully saturated rings. The van der Waals surface area contributed by atoms with Crippen LogP contribution < -0.4 is 11.1 Å². The molecule has 19 heavy (non-hydrogen) atoms. The maximum Gasteiger partial charge on any atom is 0.165 e. The molecule has 5 nitrogen and oxygen atoms in total. The van der Waals surface area contributed by atoms with E-state index in [1.807, 2.05) is 18.2 Å². The summed E-state index contributed by atoms with van der Waals surface area (Å²) in [6.45, 7) is 0.687. The molecule has 5 heteroatoms. The first-order valence-corrected chi connectivity index (χ1v) is 5.87. The van der Waals surface area contributed by atoms with Gasteiger partial charge in [0.05, 0.1) is 5.69 Å². The second kappa shape index (κ2) is 5.74. The lowest BCUT2D eigenvalue weighted by atomic mass is 10.1. The van der Waals surface area contributed by atoms with E-state index in [-0.39, 0.29) is 11.4 Å². The van der Waals surface area contributed by atoms with Crippen molar-refractivity contribution in [3.63, 3.8) is 0 Å². The Labute approximate surface area is 111 Å². The molecule has 1 aromatic heterocycles. The molecule has 0 spiro atoms. The van der Waals surface area contributed by atoms with Crippen molar-refractivity contribution in [2.24, 2.45) is 0 Å². The summed E-state index contributed by atoms with van der Waals surface area (Å²) in [6.07, 6.45) is 0.800. The van der Waals surface area contributed by atoms with E-state index in [4.69, 9.17) is 11.0 Å². The molecule has 0 atom stereocenters. The van der Waals surface area contributed by atoms with Crippen LogP contribution in [0.5, 0.6) is 5.75 Å². The van der Waals surface area contributed by atoms with Crippen LogP contribution in [0.3, 0.4) is 0 Å². The summed E-state index contributed by atoms with van der Waals surface area (Å²) in [4.78, 5) is 4.10. The highest BCUT2D eigenvalue weighted by Crippen LogP contribution is 2.13. The van der Waals surface area contributed by atoms with E-state index in [0.29, 0.717) is 18.1 Å². The Balaban J connectivity index is 1.92. The molecule has 0 radical (unpaired) electrons. The molecule has 0 saturated heterocycles. The number of hydrogen-bond donors (Lipinski definition) is 3. The fourth-order valence-electron chi connectivity index (χ4n) is 1.66. The SMILES string of the molecule is N#Cc1nc(NCCc2ccc(O)cc2)ccc1N. The average molecular weight is 254 g/mol. The van der Waals surface area contributed by atoms with Gasteiger partial charge in [0.25, 0.3) is 0 Å². The van der Waals surface area contributed by atoms with Gasteiger partial charge in [0.2, 0.25) is 0 Å². The van der Waals surface area contributed by atoms with Crippen LogP contribution in [-0.2, 0) is 6.42 Å². The summed E-state index contributed by atoms with van der Waals surface area (Å²) in [6, 6.07) is 12.4. The summed E-state index contributed by atoms with van der Waals surface area (Å²) in [5.41, 5.74) is 7.32. The summed E-state index contributed by atoms with van der Waals surface area (Å²) < 4.78 is 0. The molecule has 0 aliphatic heterocycles. The number of phenolic OH excluding ortho intramolecular Hbond substituents is 1. The largest absolute Gasteiger partial charge is 0.508 e. The molecular weight excluding hydrogens is 240 g/mol. The van der Waals surface area contributed by atoms with Gasteiger partial charge in [-0.1, -0.05) is 12.1 Å². The monoisotopic (exact) mass is 254 g/mol. The van der Waals surface area contributed by atoms with Crippen LogP contribution in [-0.4, -0.2) is 16.6 Å². The quantitative estimate of drug-likeness (QED) is 0.774. The van der Waals surface area contributed by atoms with Crippen LogP contribution in [0.25, 0.3) is 0 Å². The van der Waals surface area contributed by atoms with Crippen LogP contribution in [0.1, 0.15) is 11.3 Å². The smallest absolute Gasteiger partial charge is 0.165 e. The minimum absolute atomic E-state index is 0.231. The predicted octanol–water partition coefficient (Wildman–Crippen LogP) is 1.90. The second-order valence-corrected chi connectivity index (χ2v) is 4.09. The second-order valence-electron chi connectivity index (χ2n) is 4.09. The van der Waals surface area contributed by atoms with Crippen molar-refractivity contribution < 1.29 is 5.11 Å². The summed E-state index contributed by atoms with van der Waals surface area (Å²) in [5, 5.41) is 21.1. The Morgan fingerprint density at radius 2 is 1.95 bits per heavy atom. The van der Waals surface area contributed by atoms with E-state index in [9.17, 15) is 5.11 Å². The van der Waals surface area contributed by atoms with Crippen LogP contribution in [0.4, 0.5) is 11.5 Å². The van der Waals surface area contributed by atoms with E-state index >= 15 is 0 Å². The molecule has 0 saturated carbocycles. The topological polar surface area (TPSA) is 95.0 Å². The highest BCUT2D eigenvalue weighted by Gasteiger charge is 2.01. The number of nitrogens with two attached hydrogens (primary N) is 1. The van der Waals surface area contributed by atoms with Gasteiger partial charge in [0.15, 0.2) is 5.69 Å². The zero-order valence-corrected chi connectivity index (χ0v) is 10.3. The van der Waals surface area contributed by atoms with Gasteiger partial charge in [-0.3, -0.25) is 0 Å². The zero-order chi connectivity index (χ0) is 13.7. The number of nitriles is 1. The number of nitrogens with zero attached hydrogens (tertiary/aromatic N) is 2. The van der Waals surface area contributed by atoms with Gasteiger partial charge in [-0.25, -0.2) is 4.98 Å². The van der Waals surface area contributed by atoms with Crippen molar-refractivity contribution in [1.29, 1.82) is 5.26 Å². The number of rotatable bonds is 4. The molecule has 0 unspecified atom stereocenters. The maximum atomic E-state index is 9.18. The molecule has 1 aromatic carbocycles. The van der Waals surface area contributed by atoms with Gasteiger partial charge in [-0.2, -0.15) is 5.26 Å². The van der Waals surface area contributed by atoms with Crippen LogP contribution in [0.15, 0.2) is 36.4 Å². The fourth-order valence-corrected chi connectivity index (χ4v) is 1.66. The standard InChI is InChI=1S/C14H14N4O/c15-9-13-12(16)5-6-14(18-13)17-8-7-10-1-3-11(19)4-2-10/h1-6,19H,7-8,16H2,(H,17,18). The van der Waals surface area contributed by atoms with Crippen molar-refractivity contribution in [3.05, 3.63) is 47.7 Å². The van der Waals surface area contributed by atoms with Gasteiger partial charge >= 0.3 is 0 Å². The highest BCUT2D eigenvalue weighted by atomic mass is 16.3. The molecule has 0 amide bonds. The first-order valence-electron chi connectivity index (χ1n) is 5.87. The lowest BCUT2D eigenvalue weighted by Crippen LogP contribution is -2.07. The molecule has 2 rings (SSSR count). The van der Waals surface area contributed by atoms with Crippen molar-refractivity contribution in [3.8, 4) is 11.8 Å². The molecule has 0 bridgehead atoms. The average Bonchev–Trinajstić information content (AvgIpc) is 2.43. The lowest BCUT2D eigenvalue weighted by Gasteiger charge is -2.07. The summed E-state index contributed by atoms with van der Waals surface area (Å²) >= 11 is 0. The number of hydrogen-bond acceptors (Lipinski definition) is 5. The highest BCUT2D eigenvalue weighted by molar-refractivity contribution is 5.54. The van der Waals surface area contributed by atoms with E-state index in [1.165, 1.54) is 0 Å². The third-order valence-corrected chi connectivity index (χ3v) is 2.69. The predicted molar refractivity (Wildman–Crippen MR) is 73.7 cm³/mol. The van der Waals surface area contributed by atoms with Crippen molar-refractivity contribution in [2.75, 3.05) is 17.6 Å². The number of aromatic hydroxyl groups is 1. The Kier molecular flexibility index (Phi) is 3.84. The number of aromatic nitrogens is 1. The molecule has 96 valence electrons. The molecule has 2 aromatic rings. The number of phenols is 1. The molecule has 0 aliphatic rings. The Hall–Kier alpha value is -2.74. The molecule has 4 N–H and O–H groups in total. The zero-order valence-electron chi connectivity index (χ0n) is 10.3. The van der Waals surface area contributed by atoms with Crippen LogP contribution in [0, 0.1) is 11.3 Å². The van der Waals surface area contributed by atoms with Gasteiger partial charge in [-0.05, 0) is 36.2 Å². The van der Waals surface area contributed by atoms with Crippen molar-refractivity contribution in [1.82, 2.24) is 4.98 Å². The molecule has 1 heterocycles. The van der Waals surface area contributed by atoms with E-state index in [1.54, 1.807) is 24.3 Å². The molecular formula is C14H14N4O. The van der Waals surface area contributed by atoms with Gasteiger partial charge in [-0.15, -0.1) is 0 Å². The Morgan fingerprint density at radius 3 is 2.63 bits per heavy atom. The molecule has 0 aliphatic carbocycles. The maximum absolute atomic E-state index is 9.18. The number of nitrogens with one attached hydrogen (secondary N) is 1. The number of nitrogen functional groups attached to an aromatic ring is 1. The Morgan fingerprint density at radius 1 is 1.21 bits per heavy atom. The van der Waals surface area contributed by atoms with Crippen LogP contribution >= 0.6 is 0 Å². The van der Waals surface area contributed by atoms with Crippen LogP contribution in [0.2, 0.25) is 0 Å². The normalized spacial score (nSPS) is 9.84. The van der Waals surface area contributed by atoms with Crippen molar-refractivity contribution in [2.45, 2.75) is 6.42 Å². The van der Waals surface area contributed by atoms with Gasteiger partial charge in [0.1, 0.15) is 17.6 Å². The third-order valence-electron chi connectivity index (χ3n) is 2.69. The number of anilines is 2. The summed E-state index contributed by atoms with van der Waals surface area (Å²) in [5.74, 6) is 0.889. The first-order chi connectivity index (χ1) is 9.19. The minimum Gasteiger partial charge on any atom is -0.508 e. The minimum atomic E-state index is 0.231. The third kappa shape index (κ3) is 3.36. The Bertz CT molecular complexity index is 602. The summed E-state index contributed by atoms with van der Waals surface area (Å²) in [7, 11) is 0. The fraction of sp³-hybridized carbons (Fsp3) is 0.143. The van der Waals surface area contributed by atoms with E-state index < -0.39 is 0 Å². The van der Waals surface area contributed by atoms with Gasteiger partial charge in [0, 0.05) is 6.54 Å². The van der Waals surface area contributed by atoms with E-state index in [0.717, 1.165) is 12.0 Å². The van der Waals surface area contributed by atoms with Gasteiger partial charge < -0.3 is 16.2 Å². The van der Waals surface area contributed by atoms with Crippen molar-refractivity contribution >= 4 is 11.5 Å². The number of benzene rings is 1. The first kappa shape index (κ1) is 12.7. The van der Waals surface area contributed by atoms with E-state index in [2.05, 4.69) is 10.3 Å². The number of pyridine rings is 1. The lowest BCUT2D eigenvalue weighted by molar-refractivity contribution is 0.475.